The average Bonchev–Trinajstić information content (AvgIpc) is 2.26. The van der Waals surface area contributed by atoms with Crippen molar-refractivity contribution in [2.24, 2.45) is 0 Å². The molecule has 0 atom stereocenters. The minimum absolute atomic E-state index is 0.702. The minimum Gasteiger partial charge on any atom is -0.198 e. The number of rotatable bonds is 9. The van der Waals surface area contributed by atoms with Crippen LogP contribution in [-0.2, 0) is 0 Å². The van der Waals surface area contributed by atoms with E-state index < -0.39 is 0 Å². The maximum atomic E-state index is 8.33. The van der Waals surface area contributed by atoms with Gasteiger partial charge < -0.3 is 0 Å². The first-order valence-corrected chi connectivity index (χ1v) is 5.69. The Balaban J connectivity index is 3.17. The summed E-state index contributed by atoms with van der Waals surface area (Å²) in [6.45, 7) is 3.65. The molecule has 0 fully saturated rings. The van der Waals surface area contributed by atoms with Gasteiger partial charge in [0.05, 0.1) is 6.07 Å². The topological polar surface area (TPSA) is 23.8 Å². The molecule has 1 heteroatoms. The van der Waals surface area contributed by atoms with Gasteiger partial charge in [0.15, 0.2) is 0 Å². The molecule has 0 aliphatic carbocycles. The van der Waals surface area contributed by atoms with Gasteiger partial charge in [-0.15, -0.1) is 6.58 Å². The molecule has 0 rings (SSSR count). The molecule has 0 amide bonds. The molecule has 15 heavy (non-hydrogen) atoms. The van der Waals surface area contributed by atoms with E-state index in [0.29, 0.717) is 6.42 Å². The summed E-state index contributed by atoms with van der Waals surface area (Å²) in [5.41, 5.74) is 0. The summed E-state index contributed by atoms with van der Waals surface area (Å²) < 4.78 is 0. The molecule has 0 saturated heterocycles. The van der Waals surface area contributed by atoms with Gasteiger partial charge in [-0.3, -0.25) is 0 Å². The first-order chi connectivity index (χ1) is 7.41. The van der Waals surface area contributed by atoms with E-state index in [-0.39, 0.29) is 0 Å². The standard InChI is InChI=1S/C14H21N/c1-2-3-4-5-6-7-8-9-10-11-12-13-14-15/h2,4-5,7-8H,1,3,6,9-13H2/b5-4+,8-7+. The largest absolute Gasteiger partial charge is 0.198 e. The van der Waals surface area contributed by atoms with Crippen LogP contribution in [0.25, 0.3) is 0 Å². The first-order valence-electron chi connectivity index (χ1n) is 5.69. The van der Waals surface area contributed by atoms with Crippen molar-refractivity contribution in [1.29, 1.82) is 5.26 Å². The number of allylic oxidation sites excluding steroid dienone is 5. The maximum Gasteiger partial charge on any atom is 0.0621 e. The Hall–Kier alpha value is -1.29. The van der Waals surface area contributed by atoms with E-state index in [1.54, 1.807) is 0 Å². The van der Waals surface area contributed by atoms with Gasteiger partial charge in [-0.05, 0) is 32.1 Å². The molecular weight excluding hydrogens is 182 g/mol. The number of hydrogen-bond acceptors (Lipinski definition) is 1. The van der Waals surface area contributed by atoms with Crippen LogP contribution in [0.5, 0.6) is 0 Å². The Kier molecular flexibility index (Phi) is 11.6. The van der Waals surface area contributed by atoms with Crippen molar-refractivity contribution in [2.45, 2.75) is 44.9 Å². The van der Waals surface area contributed by atoms with Crippen molar-refractivity contribution in [3.63, 3.8) is 0 Å². The van der Waals surface area contributed by atoms with Crippen LogP contribution < -0.4 is 0 Å². The monoisotopic (exact) mass is 203 g/mol. The minimum atomic E-state index is 0.702. The lowest BCUT2D eigenvalue weighted by atomic mass is 10.1. The zero-order chi connectivity index (χ0) is 11.2. The number of hydrogen-bond donors (Lipinski definition) is 0. The van der Waals surface area contributed by atoms with Crippen LogP contribution in [0.15, 0.2) is 37.0 Å². The highest BCUT2D eigenvalue weighted by molar-refractivity contribution is 4.95. The van der Waals surface area contributed by atoms with E-state index in [9.17, 15) is 0 Å². The van der Waals surface area contributed by atoms with Crippen LogP contribution in [0.3, 0.4) is 0 Å². The predicted octanol–water partition coefficient (Wildman–Crippen LogP) is 4.54. The van der Waals surface area contributed by atoms with Gasteiger partial charge >= 0.3 is 0 Å². The fourth-order valence-corrected chi connectivity index (χ4v) is 1.22. The van der Waals surface area contributed by atoms with E-state index in [1.807, 2.05) is 6.08 Å². The summed E-state index contributed by atoms with van der Waals surface area (Å²) in [5.74, 6) is 0. The predicted molar refractivity (Wildman–Crippen MR) is 66.4 cm³/mol. The van der Waals surface area contributed by atoms with Gasteiger partial charge in [0, 0.05) is 6.42 Å². The smallest absolute Gasteiger partial charge is 0.0621 e. The van der Waals surface area contributed by atoms with Crippen LogP contribution in [0.2, 0.25) is 0 Å². The molecule has 82 valence electrons. The Morgan fingerprint density at radius 2 is 1.67 bits per heavy atom. The summed E-state index contributed by atoms with van der Waals surface area (Å²) in [7, 11) is 0. The SMILES string of the molecule is C=CC/C=C/C/C=C/CCCCCC#N. The van der Waals surface area contributed by atoms with Crippen molar-refractivity contribution in [3.05, 3.63) is 37.0 Å². The van der Waals surface area contributed by atoms with E-state index in [4.69, 9.17) is 5.26 Å². The second-order valence-electron chi connectivity index (χ2n) is 3.46. The highest BCUT2D eigenvalue weighted by atomic mass is 14.2. The van der Waals surface area contributed by atoms with E-state index in [0.717, 1.165) is 25.7 Å². The quantitative estimate of drug-likeness (QED) is 0.398. The second kappa shape index (κ2) is 12.7. The normalized spacial score (nSPS) is 10.9. The molecule has 0 radical (unpaired) electrons. The first kappa shape index (κ1) is 13.7. The van der Waals surface area contributed by atoms with Gasteiger partial charge in [-0.25, -0.2) is 0 Å². The van der Waals surface area contributed by atoms with Gasteiger partial charge in [0.2, 0.25) is 0 Å². The fourth-order valence-electron chi connectivity index (χ4n) is 1.22. The highest BCUT2D eigenvalue weighted by Gasteiger charge is 1.85. The van der Waals surface area contributed by atoms with E-state index in [2.05, 4.69) is 37.0 Å². The number of nitriles is 1. The summed E-state index contributed by atoms with van der Waals surface area (Å²) >= 11 is 0. The lowest BCUT2D eigenvalue weighted by molar-refractivity contribution is 0.699. The number of nitrogens with zero attached hydrogens (tertiary/aromatic N) is 1. The summed E-state index contributed by atoms with van der Waals surface area (Å²) in [6, 6.07) is 2.16. The Morgan fingerprint density at radius 1 is 0.933 bits per heavy atom. The fraction of sp³-hybridized carbons (Fsp3) is 0.500. The molecule has 0 aromatic rings. The van der Waals surface area contributed by atoms with Crippen LogP contribution in [0, 0.1) is 11.3 Å². The second-order valence-corrected chi connectivity index (χ2v) is 3.46. The molecule has 0 spiro atoms. The maximum absolute atomic E-state index is 8.33. The molecule has 0 aliphatic rings. The molecule has 1 nitrogen and oxygen atoms in total. The zero-order valence-electron chi connectivity index (χ0n) is 9.49. The summed E-state index contributed by atoms with van der Waals surface area (Å²) in [4.78, 5) is 0. The van der Waals surface area contributed by atoms with Crippen molar-refractivity contribution < 1.29 is 0 Å². The van der Waals surface area contributed by atoms with Crippen LogP contribution in [0.4, 0.5) is 0 Å². The Labute approximate surface area is 93.8 Å². The third kappa shape index (κ3) is 12.7. The summed E-state index contributed by atoms with van der Waals surface area (Å²) in [5, 5.41) is 8.33. The third-order valence-corrected chi connectivity index (χ3v) is 2.07. The molecule has 0 N–H and O–H groups in total. The third-order valence-electron chi connectivity index (χ3n) is 2.07. The molecule has 0 bridgehead atoms. The molecule has 0 heterocycles. The van der Waals surface area contributed by atoms with Gasteiger partial charge in [0.1, 0.15) is 0 Å². The molecular formula is C14H21N. The van der Waals surface area contributed by atoms with Gasteiger partial charge in [-0.1, -0.05) is 36.8 Å². The van der Waals surface area contributed by atoms with Crippen molar-refractivity contribution in [1.82, 2.24) is 0 Å². The van der Waals surface area contributed by atoms with E-state index in [1.165, 1.54) is 12.8 Å². The van der Waals surface area contributed by atoms with Crippen molar-refractivity contribution in [2.75, 3.05) is 0 Å². The molecule has 0 unspecified atom stereocenters. The lowest BCUT2D eigenvalue weighted by Gasteiger charge is -1.92. The molecule has 0 aliphatic heterocycles. The molecule has 0 saturated carbocycles. The Morgan fingerprint density at radius 3 is 2.40 bits per heavy atom. The molecule has 0 aromatic heterocycles. The molecule has 0 aromatic carbocycles. The van der Waals surface area contributed by atoms with Crippen molar-refractivity contribution in [3.8, 4) is 6.07 Å². The van der Waals surface area contributed by atoms with Crippen LogP contribution in [0.1, 0.15) is 44.9 Å². The van der Waals surface area contributed by atoms with Gasteiger partial charge in [-0.2, -0.15) is 5.26 Å². The van der Waals surface area contributed by atoms with Crippen molar-refractivity contribution >= 4 is 0 Å². The highest BCUT2D eigenvalue weighted by Crippen LogP contribution is 2.03. The zero-order valence-corrected chi connectivity index (χ0v) is 9.49. The number of unbranched alkanes of at least 4 members (excludes halogenated alkanes) is 4. The Bertz CT molecular complexity index is 230. The average molecular weight is 203 g/mol. The summed E-state index contributed by atoms with van der Waals surface area (Å²) in [6.07, 6.45) is 17.9. The van der Waals surface area contributed by atoms with Crippen LogP contribution >= 0.6 is 0 Å². The van der Waals surface area contributed by atoms with E-state index >= 15 is 0 Å². The lowest BCUT2D eigenvalue weighted by Crippen LogP contribution is -1.74. The van der Waals surface area contributed by atoms with Gasteiger partial charge in [0.25, 0.3) is 0 Å². The van der Waals surface area contributed by atoms with Crippen LogP contribution in [-0.4, -0.2) is 0 Å².